The van der Waals surface area contributed by atoms with Crippen LogP contribution in [-0.2, 0) is 6.54 Å². The average molecular weight is 347 g/mol. The van der Waals surface area contributed by atoms with Gasteiger partial charge in [-0.05, 0) is 30.3 Å². The number of hydrogen-bond acceptors (Lipinski definition) is 5. The first-order valence-corrected chi connectivity index (χ1v) is 8.14. The predicted molar refractivity (Wildman–Crippen MR) is 96.6 cm³/mol. The van der Waals surface area contributed by atoms with Gasteiger partial charge in [0.25, 0.3) is 5.91 Å². The Balaban J connectivity index is 1.91. The van der Waals surface area contributed by atoms with Crippen molar-refractivity contribution < 1.29 is 9.21 Å². The molecule has 0 aliphatic heterocycles. The topological polar surface area (TPSA) is 77.1 Å². The van der Waals surface area contributed by atoms with Crippen molar-refractivity contribution in [1.82, 2.24) is 24.6 Å². The Labute approximate surface area is 149 Å². The molecule has 0 aliphatic rings. The summed E-state index contributed by atoms with van der Waals surface area (Å²) < 4.78 is 7.15. The molecule has 26 heavy (non-hydrogen) atoms. The van der Waals surface area contributed by atoms with E-state index in [4.69, 9.17) is 9.40 Å². The third-order valence-electron chi connectivity index (χ3n) is 4.09. The lowest BCUT2D eigenvalue weighted by Crippen LogP contribution is -2.22. The van der Waals surface area contributed by atoms with Gasteiger partial charge in [0.15, 0.2) is 5.65 Å². The molecule has 1 amide bonds. The fraction of sp³-hybridized carbons (Fsp3) is 0.158. The van der Waals surface area contributed by atoms with Crippen LogP contribution in [0.25, 0.3) is 22.3 Å². The van der Waals surface area contributed by atoms with Gasteiger partial charge in [-0.25, -0.2) is 9.67 Å². The number of pyridine rings is 2. The van der Waals surface area contributed by atoms with Crippen molar-refractivity contribution in [2.75, 3.05) is 14.1 Å². The first-order chi connectivity index (χ1) is 12.6. The summed E-state index contributed by atoms with van der Waals surface area (Å²) in [5.74, 6) is 0.671. The summed E-state index contributed by atoms with van der Waals surface area (Å²) in [7, 11) is 3.46. The van der Waals surface area contributed by atoms with E-state index in [9.17, 15) is 4.79 Å². The molecular formula is C19H17N5O2. The summed E-state index contributed by atoms with van der Waals surface area (Å²) in [4.78, 5) is 23.1. The van der Waals surface area contributed by atoms with Gasteiger partial charge in [0.1, 0.15) is 12.3 Å². The summed E-state index contributed by atoms with van der Waals surface area (Å²) in [5, 5.41) is 5.13. The zero-order valence-electron chi connectivity index (χ0n) is 14.5. The van der Waals surface area contributed by atoms with Crippen LogP contribution in [0.4, 0.5) is 0 Å². The van der Waals surface area contributed by atoms with E-state index >= 15 is 0 Å². The van der Waals surface area contributed by atoms with Crippen molar-refractivity contribution in [2.24, 2.45) is 0 Å². The van der Waals surface area contributed by atoms with Crippen LogP contribution >= 0.6 is 0 Å². The van der Waals surface area contributed by atoms with Gasteiger partial charge >= 0.3 is 0 Å². The maximum Gasteiger partial charge on any atom is 0.254 e. The van der Waals surface area contributed by atoms with Gasteiger partial charge in [-0.1, -0.05) is 0 Å². The SMILES string of the molecule is CN(C)C(=O)c1cc(-c2cccnc2)nc2c1cnn2Cc1ccco1. The number of aromatic nitrogens is 4. The highest BCUT2D eigenvalue weighted by atomic mass is 16.3. The summed E-state index contributed by atoms with van der Waals surface area (Å²) in [6.45, 7) is 0.440. The minimum Gasteiger partial charge on any atom is -0.467 e. The molecule has 4 rings (SSSR count). The van der Waals surface area contributed by atoms with E-state index in [1.54, 1.807) is 54.6 Å². The fourth-order valence-electron chi connectivity index (χ4n) is 2.79. The second-order valence-corrected chi connectivity index (χ2v) is 6.12. The third kappa shape index (κ3) is 2.83. The molecule has 0 saturated carbocycles. The standard InChI is InChI=1S/C19H17N5O2/c1-23(2)19(25)15-9-17(13-5-3-7-20-10-13)22-18-16(15)11-21-24(18)12-14-6-4-8-26-14/h3-11H,12H2,1-2H3. The van der Waals surface area contributed by atoms with Crippen LogP contribution in [0.3, 0.4) is 0 Å². The predicted octanol–water partition coefficient (Wildman–Crippen LogP) is 2.84. The molecule has 7 heteroatoms. The van der Waals surface area contributed by atoms with E-state index < -0.39 is 0 Å². The van der Waals surface area contributed by atoms with Gasteiger partial charge < -0.3 is 9.32 Å². The van der Waals surface area contributed by atoms with E-state index in [1.807, 2.05) is 24.3 Å². The van der Waals surface area contributed by atoms with Gasteiger partial charge in [0.2, 0.25) is 0 Å². The normalized spacial score (nSPS) is 11.0. The highest BCUT2D eigenvalue weighted by Gasteiger charge is 2.19. The zero-order valence-corrected chi connectivity index (χ0v) is 14.5. The van der Waals surface area contributed by atoms with Crippen LogP contribution < -0.4 is 0 Å². The van der Waals surface area contributed by atoms with E-state index in [0.29, 0.717) is 28.8 Å². The molecule has 0 fully saturated rings. The van der Waals surface area contributed by atoms with E-state index in [2.05, 4.69) is 10.1 Å². The molecule has 0 saturated heterocycles. The Morgan fingerprint density at radius 1 is 1.23 bits per heavy atom. The molecule has 0 atom stereocenters. The summed E-state index contributed by atoms with van der Waals surface area (Å²) in [6, 6.07) is 9.26. The van der Waals surface area contributed by atoms with Crippen LogP contribution in [0, 0.1) is 0 Å². The van der Waals surface area contributed by atoms with Crippen molar-refractivity contribution in [1.29, 1.82) is 0 Å². The molecule has 4 heterocycles. The number of furan rings is 1. The van der Waals surface area contributed by atoms with E-state index in [-0.39, 0.29) is 5.91 Å². The molecule has 0 aliphatic carbocycles. The molecule has 0 N–H and O–H groups in total. The number of carbonyl (C=O) groups excluding carboxylic acids is 1. The maximum atomic E-state index is 12.7. The van der Waals surface area contributed by atoms with E-state index in [1.165, 1.54) is 0 Å². The van der Waals surface area contributed by atoms with Crippen molar-refractivity contribution in [3.05, 3.63) is 66.5 Å². The third-order valence-corrected chi connectivity index (χ3v) is 4.09. The van der Waals surface area contributed by atoms with Crippen LogP contribution in [0.1, 0.15) is 16.1 Å². The van der Waals surface area contributed by atoms with Crippen molar-refractivity contribution in [3.8, 4) is 11.3 Å². The quantitative estimate of drug-likeness (QED) is 0.567. The number of hydrogen-bond donors (Lipinski definition) is 0. The monoisotopic (exact) mass is 347 g/mol. The molecule has 0 aromatic carbocycles. The molecule has 0 bridgehead atoms. The summed E-state index contributed by atoms with van der Waals surface area (Å²) in [6.07, 6.45) is 6.73. The molecule has 0 unspecified atom stereocenters. The highest BCUT2D eigenvalue weighted by Crippen LogP contribution is 2.25. The lowest BCUT2D eigenvalue weighted by Gasteiger charge is -2.12. The molecule has 0 spiro atoms. The molecular weight excluding hydrogens is 330 g/mol. The Morgan fingerprint density at radius 2 is 2.12 bits per heavy atom. The van der Waals surface area contributed by atoms with Gasteiger partial charge in [0.05, 0.1) is 29.1 Å². The smallest absolute Gasteiger partial charge is 0.254 e. The number of carbonyl (C=O) groups is 1. The second kappa shape index (κ2) is 6.44. The second-order valence-electron chi connectivity index (χ2n) is 6.12. The lowest BCUT2D eigenvalue weighted by atomic mass is 10.1. The minimum atomic E-state index is -0.0971. The Morgan fingerprint density at radius 3 is 2.81 bits per heavy atom. The molecule has 7 nitrogen and oxygen atoms in total. The fourth-order valence-corrected chi connectivity index (χ4v) is 2.79. The van der Waals surface area contributed by atoms with Crippen LogP contribution in [0.2, 0.25) is 0 Å². The Kier molecular flexibility index (Phi) is 3.96. The first-order valence-electron chi connectivity index (χ1n) is 8.14. The number of rotatable bonds is 4. The molecule has 130 valence electrons. The molecule has 4 aromatic rings. The van der Waals surface area contributed by atoms with Gasteiger partial charge in [-0.2, -0.15) is 5.10 Å². The minimum absolute atomic E-state index is 0.0971. The number of nitrogens with zero attached hydrogens (tertiary/aromatic N) is 5. The van der Waals surface area contributed by atoms with Crippen molar-refractivity contribution in [3.63, 3.8) is 0 Å². The van der Waals surface area contributed by atoms with Crippen LogP contribution in [0.15, 0.2) is 59.6 Å². The average Bonchev–Trinajstić information content (AvgIpc) is 3.31. The van der Waals surface area contributed by atoms with Gasteiger partial charge in [0, 0.05) is 32.1 Å². The van der Waals surface area contributed by atoms with E-state index in [0.717, 1.165) is 11.3 Å². The summed E-state index contributed by atoms with van der Waals surface area (Å²) >= 11 is 0. The molecule has 4 aromatic heterocycles. The van der Waals surface area contributed by atoms with Crippen LogP contribution in [-0.4, -0.2) is 44.7 Å². The van der Waals surface area contributed by atoms with Crippen molar-refractivity contribution in [2.45, 2.75) is 6.54 Å². The van der Waals surface area contributed by atoms with Gasteiger partial charge in [-0.15, -0.1) is 0 Å². The Bertz CT molecular complexity index is 1050. The van der Waals surface area contributed by atoms with Crippen LogP contribution in [0.5, 0.6) is 0 Å². The van der Waals surface area contributed by atoms with Crippen molar-refractivity contribution >= 4 is 16.9 Å². The number of fused-ring (bicyclic) bond motifs is 1. The first kappa shape index (κ1) is 16.0. The molecule has 0 radical (unpaired) electrons. The zero-order chi connectivity index (χ0) is 18.1. The number of amides is 1. The summed E-state index contributed by atoms with van der Waals surface area (Å²) in [5.41, 5.74) is 2.71. The lowest BCUT2D eigenvalue weighted by molar-refractivity contribution is 0.0829. The van der Waals surface area contributed by atoms with Gasteiger partial charge in [-0.3, -0.25) is 9.78 Å². The maximum absolute atomic E-state index is 12.7. The Hall–Kier alpha value is -3.48. The highest BCUT2D eigenvalue weighted by molar-refractivity contribution is 6.06. The largest absolute Gasteiger partial charge is 0.467 e.